The summed E-state index contributed by atoms with van der Waals surface area (Å²) in [7, 11) is 1.94. The fourth-order valence-corrected chi connectivity index (χ4v) is 3.58. The van der Waals surface area contributed by atoms with Gasteiger partial charge in [0.1, 0.15) is 5.76 Å². The molecule has 0 spiro atoms. The van der Waals surface area contributed by atoms with Crippen molar-refractivity contribution in [2.24, 2.45) is 0 Å². The number of fused-ring (bicyclic) bond motifs is 1. The van der Waals surface area contributed by atoms with Crippen LogP contribution in [0.1, 0.15) is 11.3 Å². The van der Waals surface area contributed by atoms with Crippen LogP contribution in [0.3, 0.4) is 0 Å². The van der Waals surface area contributed by atoms with Crippen molar-refractivity contribution in [3.05, 3.63) is 87.0 Å². The Morgan fingerprint density at radius 2 is 1.75 bits per heavy atom. The van der Waals surface area contributed by atoms with E-state index in [4.69, 9.17) is 9.52 Å². The minimum atomic E-state index is -0.0982. The Hall–Kier alpha value is -2.70. The Balaban J connectivity index is 1.75. The lowest BCUT2D eigenvalue weighted by atomic mass is 10.0. The predicted octanol–water partition coefficient (Wildman–Crippen LogP) is 4.82. The summed E-state index contributed by atoms with van der Waals surface area (Å²) in [6, 6.07) is 19.6. The fraction of sp³-hybridized carbons (Fsp3) is 0.182. The topological polar surface area (TPSA) is 51.3 Å². The molecule has 0 saturated heterocycles. The highest BCUT2D eigenvalue weighted by atomic mass is 79.9. The SMILES string of the molecule is Cc1ccc(-c2nn(CN(C)Cc3ccc(Br)o3)c(=O)c3ccccc23)cc1. The first-order valence-corrected chi connectivity index (χ1v) is 9.80. The lowest BCUT2D eigenvalue weighted by molar-refractivity contribution is 0.222. The maximum atomic E-state index is 13.0. The molecule has 2 aromatic heterocycles. The van der Waals surface area contributed by atoms with Gasteiger partial charge in [-0.15, -0.1) is 0 Å². The van der Waals surface area contributed by atoms with E-state index in [1.807, 2.05) is 60.5 Å². The molecule has 0 bridgehead atoms. The number of nitrogens with zero attached hydrogens (tertiary/aromatic N) is 3. The van der Waals surface area contributed by atoms with Gasteiger partial charge in [0.2, 0.25) is 0 Å². The van der Waals surface area contributed by atoms with E-state index in [0.717, 1.165) is 22.4 Å². The number of furan rings is 1. The van der Waals surface area contributed by atoms with Crippen LogP contribution in [0.15, 0.2) is 74.5 Å². The molecule has 2 aromatic carbocycles. The van der Waals surface area contributed by atoms with E-state index in [9.17, 15) is 4.79 Å². The molecule has 0 radical (unpaired) electrons. The van der Waals surface area contributed by atoms with Crippen molar-refractivity contribution in [2.45, 2.75) is 20.1 Å². The molecule has 2 heterocycles. The summed E-state index contributed by atoms with van der Waals surface area (Å²) in [4.78, 5) is 15.0. The van der Waals surface area contributed by atoms with E-state index >= 15 is 0 Å². The minimum absolute atomic E-state index is 0.0982. The number of aromatic nitrogens is 2. The molecule has 0 fully saturated rings. The van der Waals surface area contributed by atoms with Crippen molar-refractivity contribution in [1.29, 1.82) is 0 Å². The zero-order chi connectivity index (χ0) is 19.7. The number of rotatable bonds is 5. The van der Waals surface area contributed by atoms with Gasteiger partial charge in [-0.1, -0.05) is 48.0 Å². The summed E-state index contributed by atoms with van der Waals surface area (Å²) in [6.07, 6.45) is 0. The van der Waals surface area contributed by atoms with Crippen molar-refractivity contribution >= 4 is 26.7 Å². The summed E-state index contributed by atoms with van der Waals surface area (Å²) < 4.78 is 7.78. The monoisotopic (exact) mass is 437 g/mol. The van der Waals surface area contributed by atoms with Crippen molar-refractivity contribution in [1.82, 2.24) is 14.7 Å². The van der Waals surface area contributed by atoms with Crippen LogP contribution in [0.5, 0.6) is 0 Å². The van der Waals surface area contributed by atoms with E-state index in [1.165, 1.54) is 10.2 Å². The standard InChI is InChI=1S/C22H20BrN3O2/c1-15-7-9-16(10-8-15)21-18-5-3-4-6-19(18)22(27)26(24-21)14-25(2)13-17-11-12-20(23)28-17/h3-12H,13-14H2,1-2H3. The summed E-state index contributed by atoms with van der Waals surface area (Å²) >= 11 is 3.32. The van der Waals surface area contributed by atoms with Crippen molar-refractivity contribution in [2.75, 3.05) is 7.05 Å². The Bertz CT molecular complexity index is 1180. The van der Waals surface area contributed by atoms with Crippen LogP contribution < -0.4 is 5.56 Å². The maximum absolute atomic E-state index is 13.0. The highest BCUT2D eigenvalue weighted by Gasteiger charge is 2.14. The Labute approximate surface area is 171 Å². The number of hydrogen-bond donors (Lipinski definition) is 0. The molecule has 0 aliphatic rings. The highest BCUT2D eigenvalue weighted by molar-refractivity contribution is 9.10. The van der Waals surface area contributed by atoms with Crippen LogP contribution in [-0.4, -0.2) is 21.7 Å². The zero-order valence-corrected chi connectivity index (χ0v) is 17.3. The Morgan fingerprint density at radius 3 is 2.43 bits per heavy atom. The second-order valence-corrected chi connectivity index (χ2v) is 7.71. The molecule has 28 heavy (non-hydrogen) atoms. The quantitative estimate of drug-likeness (QED) is 0.449. The summed E-state index contributed by atoms with van der Waals surface area (Å²) in [5, 5.41) is 6.24. The minimum Gasteiger partial charge on any atom is -0.453 e. The van der Waals surface area contributed by atoms with Gasteiger partial charge in [-0.25, -0.2) is 4.68 Å². The molecule has 0 aliphatic carbocycles. The molecule has 0 unspecified atom stereocenters. The largest absolute Gasteiger partial charge is 0.453 e. The second-order valence-electron chi connectivity index (χ2n) is 6.93. The first kappa shape index (κ1) is 18.7. The average molecular weight is 438 g/mol. The van der Waals surface area contributed by atoms with Gasteiger partial charge in [-0.05, 0) is 48.1 Å². The summed E-state index contributed by atoms with van der Waals surface area (Å²) in [5.74, 6) is 0.821. The van der Waals surface area contributed by atoms with Crippen LogP contribution in [0.4, 0.5) is 0 Å². The molecule has 0 aliphatic heterocycles. The summed E-state index contributed by atoms with van der Waals surface area (Å²) in [6.45, 7) is 2.99. The van der Waals surface area contributed by atoms with E-state index in [1.54, 1.807) is 0 Å². The predicted molar refractivity (Wildman–Crippen MR) is 114 cm³/mol. The van der Waals surface area contributed by atoms with E-state index < -0.39 is 0 Å². The van der Waals surface area contributed by atoms with Crippen molar-refractivity contribution < 1.29 is 4.42 Å². The number of halogens is 1. The van der Waals surface area contributed by atoms with Crippen LogP contribution in [-0.2, 0) is 13.2 Å². The Kier molecular flexibility index (Phi) is 5.15. The average Bonchev–Trinajstić information content (AvgIpc) is 3.09. The highest BCUT2D eigenvalue weighted by Crippen LogP contribution is 2.25. The third-order valence-corrected chi connectivity index (χ3v) is 5.05. The number of aryl methyl sites for hydroxylation is 1. The second kappa shape index (κ2) is 7.73. The molecule has 4 rings (SSSR count). The van der Waals surface area contributed by atoms with Gasteiger partial charge in [0.15, 0.2) is 4.67 Å². The van der Waals surface area contributed by atoms with Crippen LogP contribution >= 0.6 is 15.9 Å². The first-order valence-electron chi connectivity index (χ1n) is 9.01. The van der Waals surface area contributed by atoms with Gasteiger partial charge in [0.05, 0.1) is 24.3 Å². The van der Waals surface area contributed by atoms with Crippen molar-refractivity contribution in [3.8, 4) is 11.3 Å². The first-order chi connectivity index (χ1) is 13.5. The molecule has 6 heteroatoms. The van der Waals surface area contributed by atoms with Gasteiger partial charge < -0.3 is 4.42 Å². The third-order valence-electron chi connectivity index (χ3n) is 4.62. The molecule has 0 N–H and O–H groups in total. The van der Waals surface area contributed by atoms with Crippen LogP contribution in [0.25, 0.3) is 22.0 Å². The smallest absolute Gasteiger partial charge is 0.275 e. The van der Waals surface area contributed by atoms with Gasteiger partial charge in [0, 0.05) is 10.9 Å². The van der Waals surface area contributed by atoms with Crippen LogP contribution in [0.2, 0.25) is 0 Å². The normalized spacial score (nSPS) is 11.4. The molecule has 0 atom stereocenters. The number of benzene rings is 2. The molecule has 0 amide bonds. The van der Waals surface area contributed by atoms with E-state index in [0.29, 0.717) is 23.3 Å². The van der Waals surface area contributed by atoms with Gasteiger partial charge >= 0.3 is 0 Å². The molecule has 4 aromatic rings. The fourth-order valence-electron chi connectivity index (χ4n) is 3.24. The maximum Gasteiger partial charge on any atom is 0.275 e. The van der Waals surface area contributed by atoms with E-state index in [2.05, 4.69) is 35.0 Å². The van der Waals surface area contributed by atoms with Crippen molar-refractivity contribution in [3.63, 3.8) is 0 Å². The number of hydrogen-bond acceptors (Lipinski definition) is 4. The molecule has 142 valence electrons. The lowest BCUT2D eigenvalue weighted by Crippen LogP contribution is -2.31. The molecule has 0 saturated carbocycles. The van der Waals surface area contributed by atoms with Crippen LogP contribution in [0, 0.1) is 6.92 Å². The van der Waals surface area contributed by atoms with Gasteiger partial charge in [0.25, 0.3) is 5.56 Å². The van der Waals surface area contributed by atoms with Gasteiger partial charge in [-0.3, -0.25) is 9.69 Å². The van der Waals surface area contributed by atoms with E-state index in [-0.39, 0.29) is 5.56 Å². The Morgan fingerprint density at radius 1 is 1.04 bits per heavy atom. The van der Waals surface area contributed by atoms with Gasteiger partial charge in [-0.2, -0.15) is 5.10 Å². The summed E-state index contributed by atoms with van der Waals surface area (Å²) in [5.41, 5.74) is 2.89. The third kappa shape index (κ3) is 3.79. The molecular formula is C22H20BrN3O2. The molecule has 5 nitrogen and oxygen atoms in total. The zero-order valence-electron chi connectivity index (χ0n) is 15.7. The molecular weight excluding hydrogens is 418 g/mol. The lowest BCUT2D eigenvalue weighted by Gasteiger charge is -2.18.